The quantitative estimate of drug-likeness (QED) is 0.869. The van der Waals surface area contributed by atoms with Crippen LogP contribution in [0.4, 0.5) is 5.69 Å². The van der Waals surface area contributed by atoms with Gasteiger partial charge < -0.3 is 10.2 Å². The monoisotopic (exact) mass is 249 g/mol. The maximum absolute atomic E-state index is 4.24. The zero-order chi connectivity index (χ0) is 13.8. The summed E-state index contributed by atoms with van der Waals surface area (Å²) in [5.74, 6) is 0.659. The van der Waals surface area contributed by atoms with Crippen LogP contribution in [0.2, 0.25) is 0 Å². The summed E-state index contributed by atoms with van der Waals surface area (Å²) in [6.07, 6.45) is 3.83. The smallest absolute Gasteiger partial charge is 0.0440 e. The highest BCUT2D eigenvalue weighted by Gasteiger charge is 2.12. The van der Waals surface area contributed by atoms with E-state index in [1.165, 1.54) is 11.3 Å². The highest BCUT2D eigenvalue weighted by atomic mass is 15.1. The van der Waals surface area contributed by atoms with Gasteiger partial charge in [-0.3, -0.25) is 4.98 Å². The molecule has 0 aliphatic rings. The van der Waals surface area contributed by atoms with E-state index < -0.39 is 0 Å². The minimum Gasteiger partial charge on any atom is -0.374 e. The van der Waals surface area contributed by atoms with E-state index in [0.717, 1.165) is 13.1 Å². The molecular weight excluding hydrogens is 222 g/mol. The Labute approximate surface area is 112 Å². The minimum atomic E-state index is 0.129. The fourth-order valence-electron chi connectivity index (χ4n) is 1.93. The van der Waals surface area contributed by atoms with E-state index in [0.29, 0.717) is 5.92 Å². The molecule has 1 N–H and O–H groups in total. The topological polar surface area (TPSA) is 28.2 Å². The van der Waals surface area contributed by atoms with Crippen molar-refractivity contribution >= 4 is 5.69 Å². The van der Waals surface area contributed by atoms with E-state index in [-0.39, 0.29) is 5.54 Å². The molecule has 0 aliphatic heterocycles. The second-order valence-electron chi connectivity index (χ2n) is 6.38. The SMILES string of the molecule is CC(C)CN(C)c1ccncc1CNC(C)(C)C. The molecule has 0 amide bonds. The number of anilines is 1. The van der Waals surface area contributed by atoms with E-state index in [1.54, 1.807) is 0 Å². The summed E-state index contributed by atoms with van der Waals surface area (Å²) < 4.78 is 0. The van der Waals surface area contributed by atoms with E-state index in [9.17, 15) is 0 Å². The van der Waals surface area contributed by atoms with Crippen molar-refractivity contribution in [2.24, 2.45) is 5.92 Å². The molecule has 3 nitrogen and oxygen atoms in total. The van der Waals surface area contributed by atoms with E-state index >= 15 is 0 Å². The lowest BCUT2D eigenvalue weighted by Crippen LogP contribution is -2.35. The average molecular weight is 249 g/mol. The van der Waals surface area contributed by atoms with Crippen LogP contribution in [0.25, 0.3) is 0 Å². The molecule has 0 aliphatic carbocycles. The van der Waals surface area contributed by atoms with Crippen LogP contribution in [0.3, 0.4) is 0 Å². The molecule has 102 valence electrons. The van der Waals surface area contributed by atoms with Crippen LogP contribution in [-0.2, 0) is 6.54 Å². The second-order valence-corrected chi connectivity index (χ2v) is 6.38. The third-order valence-corrected chi connectivity index (χ3v) is 2.74. The van der Waals surface area contributed by atoms with Crippen molar-refractivity contribution in [3.05, 3.63) is 24.0 Å². The molecule has 0 radical (unpaired) electrons. The van der Waals surface area contributed by atoms with Crippen molar-refractivity contribution in [1.29, 1.82) is 0 Å². The summed E-state index contributed by atoms with van der Waals surface area (Å²) in [6, 6.07) is 2.10. The molecule has 1 rings (SSSR count). The van der Waals surface area contributed by atoms with Gasteiger partial charge in [-0.15, -0.1) is 0 Å². The zero-order valence-corrected chi connectivity index (χ0v) is 12.6. The van der Waals surface area contributed by atoms with Gasteiger partial charge in [0, 0.05) is 49.3 Å². The van der Waals surface area contributed by atoms with E-state index in [2.05, 4.69) is 62.9 Å². The maximum Gasteiger partial charge on any atom is 0.0440 e. The number of pyridine rings is 1. The third kappa shape index (κ3) is 5.05. The summed E-state index contributed by atoms with van der Waals surface area (Å²) in [5, 5.41) is 3.52. The van der Waals surface area contributed by atoms with Crippen LogP contribution in [-0.4, -0.2) is 24.1 Å². The molecule has 18 heavy (non-hydrogen) atoms. The van der Waals surface area contributed by atoms with Gasteiger partial charge in [0.25, 0.3) is 0 Å². The number of aromatic nitrogens is 1. The van der Waals surface area contributed by atoms with Crippen LogP contribution in [0, 0.1) is 5.92 Å². The molecule has 3 heteroatoms. The predicted octanol–water partition coefficient (Wildman–Crippen LogP) is 3.06. The lowest BCUT2D eigenvalue weighted by atomic mass is 10.1. The Balaban J connectivity index is 2.79. The Hall–Kier alpha value is -1.09. The molecule has 0 spiro atoms. The molecule has 0 aromatic carbocycles. The predicted molar refractivity (Wildman–Crippen MR) is 78.9 cm³/mol. The Morgan fingerprint density at radius 2 is 2.00 bits per heavy atom. The van der Waals surface area contributed by atoms with E-state index in [1.807, 2.05) is 12.4 Å². The number of nitrogens with zero attached hydrogens (tertiary/aromatic N) is 2. The molecule has 1 aromatic heterocycles. The van der Waals surface area contributed by atoms with Gasteiger partial charge in [-0.1, -0.05) is 13.8 Å². The summed E-state index contributed by atoms with van der Waals surface area (Å²) >= 11 is 0. The standard InChI is InChI=1S/C15H27N3/c1-12(2)11-18(6)14-7-8-16-9-13(14)10-17-15(3,4)5/h7-9,12,17H,10-11H2,1-6H3. The largest absolute Gasteiger partial charge is 0.374 e. The van der Waals surface area contributed by atoms with Crippen LogP contribution in [0.1, 0.15) is 40.2 Å². The number of hydrogen-bond acceptors (Lipinski definition) is 3. The van der Waals surface area contributed by atoms with Crippen LogP contribution >= 0.6 is 0 Å². The number of nitrogens with one attached hydrogen (secondary N) is 1. The number of rotatable bonds is 5. The van der Waals surface area contributed by atoms with Gasteiger partial charge in [0.05, 0.1) is 0 Å². The first-order chi connectivity index (χ1) is 8.29. The van der Waals surface area contributed by atoms with Crippen molar-refractivity contribution in [2.45, 2.75) is 46.7 Å². The number of hydrogen-bond donors (Lipinski definition) is 1. The third-order valence-electron chi connectivity index (χ3n) is 2.74. The minimum absolute atomic E-state index is 0.129. The highest BCUT2D eigenvalue weighted by Crippen LogP contribution is 2.19. The summed E-state index contributed by atoms with van der Waals surface area (Å²) in [7, 11) is 2.15. The van der Waals surface area contributed by atoms with E-state index in [4.69, 9.17) is 0 Å². The van der Waals surface area contributed by atoms with Gasteiger partial charge in [-0.05, 0) is 32.8 Å². The molecule has 0 atom stereocenters. The highest BCUT2D eigenvalue weighted by molar-refractivity contribution is 5.51. The van der Waals surface area contributed by atoms with Crippen molar-refractivity contribution < 1.29 is 0 Å². The molecular formula is C15H27N3. The summed E-state index contributed by atoms with van der Waals surface area (Å²) in [5.41, 5.74) is 2.66. The Kier molecular flexibility index (Phi) is 5.15. The van der Waals surface area contributed by atoms with Gasteiger partial charge in [0.2, 0.25) is 0 Å². The van der Waals surface area contributed by atoms with Crippen LogP contribution in [0.15, 0.2) is 18.5 Å². The normalized spacial score (nSPS) is 11.9. The second kappa shape index (κ2) is 6.19. The van der Waals surface area contributed by atoms with Gasteiger partial charge in [0.1, 0.15) is 0 Å². The molecule has 0 saturated carbocycles. The Morgan fingerprint density at radius 3 is 2.56 bits per heavy atom. The first kappa shape index (κ1) is 15.0. The maximum atomic E-state index is 4.24. The molecule has 0 saturated heterocycles. The Morgan fingerprint density at radius 1 is 1.33 bits per heavy atom. The lowest BCUT2D eigenvalue weighted by molar-refractivity contribution is 0.424. The molecule has 0 bridgehead atoms. The molecule has 0 unspecified atom stereocenters. The first-order valence-electron chi connectivity index (χ1n) is 6.68. The van der Waals surface area contributed by atoms with Crippen molar-refractivity contribution in [3.8, 4) is 0 Å². The molecule has 1 heterocycles. The average Bonchev–Trinajstić information content (AvgIpc) is 2.25. The Bertz CT molecular complexity index is 366. The van der Waals surface area contributed by atoms with Crippen molar-refractivity contribution in [3.63, 3.8) is 0 Å². The fraction of sp³-hybridized carbons (Fsp3) is 0.667. The fourth-order valence-corrected chi connectivity index (χ4v) is 1.93. The van der Waals surface area contributed by atoms with Crippen LogP contribution in [0.5, 0.6) is 0 Å². The summed E-state index contributed by atoms with van der Waals surface area (Å²) in [6.45, 7) is 12.9. The molecule has 0 fully saturated rings. The first-order valence-corrected chi connectivity index (χ1v) is 6.68. The van der Waals surface area contributed by atoms with Gasteiger partial charge in [0.15, 0.2) is 0 Å². The van der Waals surface area contributed by atoms with Crippen LogP contribution < -0.4 is 10.2 Å². The van der Waals surface area contributed by atoms with Gasteiger partial charge in [-0.2, -0.15) is 0 Å². The summed E-state index contributed by atoms with van der Waals surface area (Å²) in [4.78, 5) is 6.55. The van der Waals surface area contributed by atoms with Crippen molar-refractivity contribution in [1.82, 2.24) is 10.3 Å². The van der Waals surface area contributed by atoms with Crippen molar-refractivity contribution in [2.75, 3.05) is 18.5 Å². The lowest BCUT2D eigenvalue weighted by Gasteiger charge is -2.26. The van der Waals surface area contributed by atoms with Gasteiger partial charge >= 0.3 is 0 Å². The zero-order valence-electron chi connectivity index (χ0n) is 12.6. The van der Waals surface area contributed by atoms with Gasteiger partial charge in [-0.25, -0.2) is 0 Å². The molecule has 1 aromatic rings.